The molecule has 3 heteroatoms. The van der Waals surface area contributed by atoms with Gasteiger partial charge in [0.15, 0.2) is 0 Å². The van der Waals surface area contributed by atoms with Crippen LogP contribution >= 0.6 is 11.8 Å². The van der Waals surface area contributed by atoms with Crippen LogP contribution in [0.2, 0.25) is 0 Å². The molecule has 0 aliphatic carbocycles. The van der Waals surface area contributed by atoms with Crippen molar-refractivity contribution in [1.82, 2.24) is 4.98 Å². The Labute approximate surface area is 92.4 Å². The predicted octanol–water partition coefficient (Wildman–Crippen LogP) is 3.68. The van der Waals surface area contributed by atoms with Gasteiger partial charge in [-0.05, 0) is 25.1 Å². The highest BCUT2D eigenvalue weighted by molar-refractivity contribution is 7.99. The molecule has 0 N–H and O–H groups in total. The molecule has 0 saturated heterocycles. The van der Waals surface area contributed by atoms with E-state index in [-0.39, 0.29) is 0 Å². The summed E-state index contributed by atoms with van der Waals surface area (Å²) in [5.41, 5.74) is 1.20. The van der Waals surface area contributed by atoms with Gasteiger partial charge in [-0.15, -0.1) is 0 Å². The predicted molar refractivity (Wildman–Crippen MR) is 59.5 cm³/mol. The number of hydrogen-bond acceptors (Lipinski definition) is 2. The zero-order valence-electron chi connectivity index (χ0n) is 8.27. The van der Waals surface area contributed by atoms with Crippen molar-refractivity contribution in [2.75, 3.05) is 0 Å². The van der Waals surface area contributed by atoms with Crippen molar-refractivity contribution >= 4 is 11.8 Å². The zero-order valence-corrected chi connectivity index (χ0v) is 9.09. The summed E-state index contributed by atoms with van der Waals surface area (Å²) in [5.74, 6) is -0.437. The van der Waals surface area contributed by atoms with Crippen LogP contribution in [0, 0.1) is 12.9 Å². The number of benzene rings is 1. The van der Waals surface area contributed by atoms with Gasteiger partial charge in [0.25, 0.3) is 0 Å². The summed E-state index contributed by atoms with van der Waals surface area (Å²) in [6.45, 7) is 2.04. The van der Waals surface area contributed by atoms with Crippen LogP contribution in [0.25, 0.3) is 0 Å². The first-order valence-electron chi connectivity index (χ1n) is 4.60. The summed E-state index contributed by atoms with van der Waals surface area (Å²) >= 11 is 1.54. The van der Waals surface area contributed by atoms with Gasteiger partial charge in [0, 0.05) is 22.1 Å². The lowest BCUT2D eigenvalue weighted by Gasteiger charge is -2.02. The fraction of sp³-hybridized carbons (Fsp3) is 0.0833. The van der Waals surface area contributed by atoms with E-state index in [0.29, 0.717) is 0 Å². The molecule has 0 bridgehead atoms. The molecule has 0 saturated carbocycles. The Bertz CT molecular complexity index is 427. The SMILES string of the molecule is Cc1cccc(Sc2ccnc(F)c2)c1. The van der Waals surface area contributed by atoms with E-state index in [2.05, 4.69) is 11.1 Å². The molecule has 0 aliphatic heterocycles. The van der Waals surface area contributed by atoms with Crippen LogP contribution in [0.4, 0.5) is 4.39 Å². The average Bonchev–Trinajstić information content (AvgIpc) is 2.17. The van der Waals surface area contributed by atoms with Crippen LogP contribution in [0.3, 0.4) is 0 Å². The maximum atomic E-state index is 12.8. The summed E-state index contributed by atoms with van der Waals surface area (Å²) < 4.78 is 12.8. The van der Waals surface area contributed by atoms with Gasteiger partial charge < -0.3 is 0 Å². The maximum Gasteiger partial charge on any atom is 0.213 e. The minimum Gasteiger partial charge on any atom is -0.228 e. The van der Waals surface area contributed by atoms with E-state index in [1.807, 2.05) is 25.1 Å². The molecule has 76 valence electrons. The Morgan fingerprint density at radius 1 is 1.13 bits per heavy atom. The summed E-state index contributed by atoms with van der Waals surface area (Å²) in [4.78, 5) is 5.50. The highest BCUT2D eigenvalue weighted by Crippen LogP contribution is 2.27. The number of rotatable bonds is 2. The lowest BCUT2D eigenvalue weighted by atomic mass is 10.2. The van der Waals surface area contributed by atoms with Gasteiger partial charge >= 0.3 is 0 Å². The minimum atomic E-state index is -0.437. The number of pyridine rings is 1. The molecule has 2 aromatic rings. The molecule has 0 aliphatic rings. The van der Waals surface area contributed by atoms with Gasteiger partial charge in [-0.2, -0.15) is 4.39 Å². The topological polar surface area (TPSA) is 12.9 Å². The fourth-order valence-corrected chi connectivity index (χ4v) is 2.21. The Hall–Kier alpha value is -1.35. The molecule has 0 unspecified atom stereocenters. The van der Waals surface area contributed by atoms with Gasteiger partial charge in [0.1, 0.15) is 0 Å². The van der Waals surface area contributed by atoms with Gasteiger partial charge in [0.2, 0.25) is 5.95 Å². The molecule has 15 heavy (non-hydrogen) atoms. The van der Waals surface area contributed by atoms with Crippen LogP contribution in [0.15, 0.2) is 52.4 Å². The first kappa shape index (κ1) is 10.2. The van der Waals surface area contributed by atoms with E-state index >= 15 is 0 Å². The van der Waals surface area contributed by atoms with E-state index in [0.717, 1.165) is 9.79 Å². The van der Waals surface area contributed by atoms with Crippen LogP contribution in [-0.2, 0) is 0 Å². The lowest BCUT2D eigenvalue weighted by Crippen LogP contribution is -1.81. The molecule has 1 aromatic heterocycles. The molecule has 0 amide bonds. The molecule has 1 aromatic carbocycles. The van der Waals surface area contributed by atoms with Gasteiger partial charge in [-0.1, -0.05) is 29.5 Å². The van der Waals surface area contributed by atoms with Gasteiger partial charge in [-0.25, -0.2) is 4.98 Å². The number of aryl methyl sites for hydroxylation is 1. The van der Waals surface area contributed by atoms with E-state index < -0.39 is 5.95 Å². The van der Waals surface area contributed by atoms with Crippen molar-refractivity contribution in [2.24, 2.45) is 0 Å². The number of aromatic nitrogens is 1. The van der Waals surface area contributed by atoms with Crippen LogP contribution < -0.4 is 0 Å². The highest BCUT2D eigenvalue weighted by Gasteiger charge is 1.99. The Balaban J connectivity index is 2.22. The van der Waals surface area contributed by atoms with E-state index in [4.69, 9.17) is 0 Å². The molecule has 2 rings (SSSR count). The first-order valence-corrected chi connectivity index (χ1v) is 5.42. The van der Waals surface area contributed by atoms with Crippen molar-refractivity contribution in [3.63, 3.8) is 0 Å². The summed E-state index contributed by atoms with van der Waals surface area (Å²) in [6.07, 6.45) is 1.48. The molecular weight excluding hydrogens is 209 g/mol. The van der Waals surface area contributed by atoms with Crippen molar-refractivity contribution < 1.29 is 4.39 Å². The molecule has 0 fully saturated rings. The smallest absolute Gasteiger partial charge is 0.213 e. The van der Waals surface area contributed by atoms with Crippen molar-refractivity contribution in [2.45, 2.75) is 16.7 Å². The maximum absolute atomic E-state index is 12.8. The van der Waals surface area contributed by atoms with Crippen molar-refractivity contribution in [3.8, 4) is 0 Å². The van der Waals surface area contributed by atoms with E-state index in [1.54, 1.807) is 6.07 Å². The van der Waals surface area contributed by atoms with E-state index in [9.17, 15) is 4.39 Å². The van der Waals surface area contributed by atoms with Crippen LogP contribution in [-0.4, -0.2) is 4.98 Å². The van der Waals surface area contributed by atoms with Crippen molar-refractivity contribution in [3.05, 3.63) is 54.1 Å². The Kier molecular flexibility index (Phi) is 3.02. The molecule has 1 heterocycles. The second-order valence-electron chi connectivity index (χ2n) is 3.23. The highest BCUT2D eigenvalue weighted by atomic mass is 32.2. The Morgan fingerprint density at radius 3 is 2.67 bits per heavy atom. The molecule has 0 atom stereocenters. The molecule has 0 radical (unpaired) electrons. The summed E-state index contributed by atoms with van der Waals surface area (Å²) in [5, 5.41) is 0. The minimum absolute atomic E-state index is 0.437. The zero-order chi connectivity index (χ0) is 10.7. The number of hydrogen-bond donors (Lipinski definition) is 0. The second-order valence-corrected chi connectivity index (χ2v) is 4.38. The summed E-state index contributed by atoms with van der Waals surface area (Å²) in [7, 11) is 0. The lowest BCUT2D eigenvalue weighted by molar-refractivity contribution is 0.579. The first-order chi connectivity index (χ1) is 7.24. The van der Waals surface area contributed by atoms with Crippen molar-refractivity contribution in [1.29, 1.82) is 0 Å². The van der Waals surface area contributed by atoms with Gasteiger partial charge in [-0.3, -0.25) is 0 Å². The van der Waals surface area contributed by atoms with Gasteiger partial charge in [0.05, 0.1) is 0 Å². The molecular formula is C12H10FNS. The molecule has 1 nitrogen and oxygen atoms in total. The van der Waals surface area contributed by atoms with Crippen LogP contribution in [0.5, 0.6) is 0 Å². The second kappa shape index (κ2) is 4.45. The van der Waals surface area contributed by atoms with E-state index in [1.165, 1.54) is 29.6 Å². The normalized spacial score (nSPS) is 10.3. The van der Waals surface area contributed by atoms with Crippen LogP contribution in [0.1, 0.15) is 5.56 Å². The third kappa shape index (κ3) is 2.80. The monoisotopic (exact) mass is 219 g/mol. The number of nitrogens with zero attached hydrogens (tertiary/aromatic N) is 1. The fourth-order valence-electron chi connectivity index (χ4n) is 1.26. The largest absolute Gasteiger partial charge is 0.228 e. The Morgan fingerprint density at radius 2 is 1.93 bits per heavy atom. The standard InChI is InChI=1S/C12H10FNS/c1-9-3-2-4-10(7-9)15-11-5-6-14-12(13)8-11/h2-8H,1H3. The summed E-state index contributed by atoms with van der Waals surface area (Å²) in [6, 6.07) is 11.4. The third-order valence-electron chi connectivity index (χ3n) is 1.92. The number of halogens is 1. The average molecular weight is 219 g/mol. The third-order valence-corrected chi connectivity index (χ3v) is 2.90. The molecule has 0 spiro atoms. The quantitative estimate of drug-likeness (QED) is 0.714.